The third kappa shape index (κ3) is 1.97. The van der Waals surface area contributed by atoms with E-state index >= 15 is 0 Å². The number of hydrogen-bond acceptors (Lipinski definition) is 4. The largest absolute Gasteiger partial charge is 0.321 e. The van der Waals surface area contributed by atoms with Gasteiger partial charge in [-0.05, 0) is 12.1 Å². The van der Waals surface area contributed by atoms with Crippen LogP contribution in [-0.4, -0.2) is 21.6 Å². The summed E-state index contributed by atoms with van der Waals surface area (Å²) in [6.45, 7) is 0. The van der Waals surface area contributed by atoms with Crippen LogP contribution in [0.1, 0.15) is 32.4 Å². The lowest BCUT2D eigenvalue weighted by molar-refractivity contribution is -0.548. The van der Waals surface area contributed by atoms with Gasteiger partial charge in [0.25, 0.3) is 11.8 Å². The molecule has 0 saturated carbocycles. The number of carbonyl (C=O) groups excluding carboxylic acids is 2. The summed E-state index contributed by atoms with van der Waals surface area (Å²) in [7, 11) is 0. The third-order valence-electron chi connectivity index (χ3n) is 3.37. The quantitative estimate of drug-likeness (QED) is 0.491. The van der Waals surface area contributed by atoms with Crippen LogP contribution in [0.15, 0.2) is 54.6 Å². The van der Waals surface area contributed by atoms with E-state index < -0.39 is 22.9 Å². The Morgan fingerprint density at radius 2 is 1.33 bits per heavy atom. The minimum absolute atomic E-state index is 0.199. The SMILES string of the molecule is O=C1c2ccccc2C(=O)N1C(c1ccccc1)[N+](=O)[O-]. The first-order chi connectivity index (χ1) is 10.1. The standard InChI is InChI=1S/C15H10N2O4/c18-14-11-8-4-5-9-12(11)15(19)16(14)13(17(20)21)10-6-2-1-3-7-10/h1-9,13H. The zero-order valence-corrected chi connectivity index (χ0v) is 10.8. The predicted octanol–water partition coefficient (Wildman–Crippen LogP) is 2.26. The van der Waals surface area contributed by atoms with E-state index in [1.807, 2.05) is 0 Å². The smallest absolute Gasteiger partial charge is 0.268 e. The highest BCUT2D eigenvalue weighted by Crippen LogP contribution is 2.31. The average Bonchev–Trinajstić information content (AvgIpc) is 2.74. The zero-order valence-electron chi connectivity index (χ0n) is 10.8. The monoisotopic (exact) mass is 282 g/mol. The molecular weight excluding hydrogens is 272 g/mol. The van der Waals surface area contributed by atoms with E-state index in [9.17, 15) is 19.7 Å². The highest BCUT2D eigenvalue weighted by atomic mass is 16.6. The second-order valence-electron chi connectivity index (χ2n) is 4.60. The fraction of sp³-hybridized carbons (Fsp3) is 0.0667. The Labute approximate surface area is 119 Å². The molecule has 21 heavy (non-hydrogen) atoms. The van der Waals surface area contributed by atoms with Gasteiger partial charge in [-0.1, -0.05) is 42.5 Å². The molecule has 0 fully saturated rings. The Bertz CT molecular complexity index is 707. The fourth-order valence-electron chi connectivity index (χ4n) is 2.42. The van der Waals surface area contributed by atoms with Crippen LogP contribution >= 0.6 is 0 Å². The first-order valence-corrected chi connectivity index (χ1v) is 6.26. The second-order valence-corrected chi connectivity index (χ2v) is 4.60. The summed E-state index contributed by atoms with van der Waals surface area (Å²) < 4.78 is 0. The molecule has 104 valence electrons. The van der Waals surface area contributed by atoms with Crippen LogP contribution in [0, 0.1) is 10.1 Å². The predicted molar refractivity (Wildman–Crippen MR) is 73.1 cm³/mol. The number of rotatable bonds is 3. The molecule has 6 heteroatoms. The summed E-state index contributed by atoms with van der Waals surface area (Å²) >= 11 is 0. The minimum Gasteiger partial charge on any atom is -0.268 e. The Balaban J connectivity index is 2.09. The lowest BCUT2D eigenvalue weighted by Gasteiger charge is -2.18. The number of imide groups is 1. The molecule has 0 N–H and O–H groups in total. The van der Waals surface area contributed by atoms with Crippen LogP contribution in [0.3, 0.4) is 0 Å². The van der Waals surface area contributed by atoms with E-state index in [0.29, 0.717) is 4.90 Å². The molecule has 1 unspecified atom stereocenters. The molecule has 0 bridgehead atoms. The Morgan fingerprint density at radius 3 is 1.81 bits per heavy atom. The lowest BCUT2D eigenvalue weighted by Crippen LogP contribution is -2.38. The molecule has 0 radical (unpaired) electrons. The molecule has 1 aliphatic heterocycles. The molecule has 0 saturated heterocycles. The van der Waals surface area contributed by atoms with Crippen LogP contribution in [-0.2, 0) is 0 Å². The molecule has 0 aromatic heterocycles. The highest BCUT2D eigenvalue weighted by Gasteiger charge is 2.45. The number of fused-ring (bicyclic) bond motifs is 1. The van der Waals surface area contributed by atoms with Gasteiger partial charge in [-0.2, -0.15) is 0 Å². The number of benzene rings is 2. The molecule has 2 aromatic carbocycles. The van der Waals surface area contributed by atoms with Crippen LogP contribution in [0.4, 0.5) is 0 Å². The van der Waals surface area contributed by atoms with E-state index in [-0.39, 0.29) is 16.7 Å². The summed E-state index contributed by atoms with van der Waals surface area (Å²) in [5.74, 6) is -1.28. The van der Waals surface area contributed by atoms with Gasteiger partial charge in [-0.3, -0.25) is 19.7 Å². The zero-order chi connectivity index (χ0) is 15.0. The number of nitro groups is 1. The van der Waals surface area contributed by atoms with E-state index in [2.05, 4.69) is 0 Å². The number of nitrogens with zero attached hydrogens (tertiary/aromatic N) is 2. The van der Waals surface area contributed by atoms with E-state index in [1.165, 1.54) is 24.3 Å². The summed E-state index contributed by atoms with van der Waals surface area (Å²) in [5.41, 5.74) is 0.688. The van der Waals surface area contributed by atoms with Crippen LogP contribution in [0.5, 0.6) is 0 Å². The lowest BCUT2D eigenvalue weighted by atomic mass is 10.1. The van der Waals surface area contributed by atoms with Crippen molar-refractivity contribution in [3.63, 3.8) is 0 Å². The van der Waals surface area contributed by atoms with Crippen LogP contribution in [0.25, 0.3) is 0 Å². The Hall–Kier alpha value is -3.02. The van der Waals surface area contributed by atoms with Gasteiger partial charge in [-0.25, -0.2) is 4.90 Å². The first-order valence-electron chi connectivity index (χ1n) is 6.26. The second kappa shape index (κ2) is 4.82. The van der Waals surface area contributed by atoms with Gasteiger partial charge in [-0.15, -0.1) is 0 Å². The maximum absolute atomic E-state index is 12.3. The normalized spacial score (nSPS) is 15.0. The van der Waals surface area contributed by atoms with Crippen molar-refractivity contribution in [2.45, 2.75) is 6.17 Å². The fourth-order valence-corrected chi connectivity index (χ4v) is 2.42. The summed E-state index contributed by atoms with van der Waals surface area (Å²) in [6, 6.07) is 14.3. The van der Waals surface area contributed by atoms with Gasteiger partial charge in [0.2, 0.25) is 0 Å². The maximum Gasteiger partial charge on any atom is 0.321 e. The number of amides is 2. The minimum atomic E-state index is -1.52. The summed E-state index contributed by atoms with van der Waals surface area (Å²) in [6.07, 6.45) is -1.52. The molecule has 1 atom stereocenters. The topological polar surface area (TPSA) is 80.5 Å². The molecular formula is C15H10N2O4. The Morgan fingerprint density at radius 1 is 0.857 bits per heavy atom. The third-order valence-corrected chi connectivity index (χ3v) is 3.37. The van der Waals surface area contributed by atoms with E-state index in [4.69, 9.17) is 0 Å². The molecule has 0 aliphatic carbocycles. The molecule has 0 spiro atoms. The van der Waals surface area contributed by atoms with Crippen molar-refractivity contribution in [1.29, 1.82) is 0 Å². The van der Waals surface area contributed by atoms with Gasteiger partial charge < -0.3 is 0 Å². The van der Waals surface area contributed by atoms with Crippen LogP contribution < -0.4 is 0 Å². The van der Waals surface area contributed by atoms with E-state index in [1.54, 1.807) is 30.3 Å². The molecule has 1 heterocycles. The summed E-state index contributed by atoms with van der Waals surface area (Å²) in [5, 5.41) is 11.4. The van der Waals surface area contributed by atoms with Crippen molar-refractivity contribution in [1.82, 2.24) is 4.90 Å². The molecule has 2 aromatic rings. The van der Waals surface area contributed by atoms with Crippen molar-refractivity contribution >= 4 is 11.8 Å². The number of hydrogen-bond donors (Lipinski definition) is 0. The maximum atomic E-state index is 12.3. The Kier molecular flexibility index (Phi) is 2.98. The van der Waals surface area contributed by atoms with Crippen molar-refractivity contribution in [2.75, 3.05) is 0 Å². The molecule has 1 aliphatic rings. The first kappa shape index (κ1) is 13.0. The number of carbonyl (C=O) groups is 2. The molecule has 6 nitrogen and oxygen atoms in total. The average molecular weight is 282 g/mol. The van der Waals surface area contributed by atoms with Gasteiger partial charge >= 0.3 is 6.17 Å². The van der Waals surface area contributed by atoms with E-state index in [0.717, 1.165) is 0 Å². The van der Waals surface area contributed by atoms with Crippen molar-refractivity contribution < 1.29 is 14.5 Å². The van der Waals surface area contributed by atoms with Crippen molar-refractivity contribution in [3.05, 3.63) is 81.4 Å². The van der Waals surface area contributed by atoms with Crippen molar-refractivity contribution in [3.8, 4) is 0 Å². The highest BCUT2D eigenvalue weighted by molar-refractivity contribution is 6.21. The molecule has 3 rings (SSSR count). The van der Waals surface area contributed by atoms with Gasteiger partial charge in [0, 0.05) is 5.56 Å². The molecule has 2 amide bonds. The van der Waals surface area contributed by atoms with Crippen LogP contribution in [0.2, 0.25) is 0 Å². The van der Waals surface area contributed by atoms with Gasteiger partial charge in [0.05, 0.1) is 16.1 Å². The van der Waals surface area contributed by atoms with Gasteiger partial charge in [0.15, 0.2) is 0 Å². The van der Waals surface area contributed by atoms with Crippen molar-refractivity contribution in [2.24, 2.45) is 0 Å². The van der Waals surface area contributed by atoms with Gasteiger partial charge in [0.1, 0.15) is 0 Å². The summed E-state index contributed by atoms with van der Waals surface area (Å²) in [4.78, 5) is 36.1.